The van der Waals surface area contributed by atoms with Crippen molar-refractivity contribution in [2.45, 2.75) is 32.1 Å². The third kappa shape index (κ3) is 8.52. The van der Waals surface area contributed by atoms with Crippen molar-refractivity contribution in [3.8, 4) is 11.1 Å². The lowest BCUT2D eigenvalue weighted by Crippen LogP contribution is -2.42. The number of carbonyl (C=O) groups excluding carboxylic acids is 3. The first-order valence-electron chi connectivity index (χ1n) is 13.2. The molecular formula is C32H26F2N2O7. The summed E-state index contributed by atoms with van der Waals surface area (Å²) in [5.41, 5.74) is 0.767. The van der Waals surface area contributed by atoms with Crippen LogP contribution in [0.2, 0.25) is 0 Å². The van der Waals surface area contributed by atoms with E-state index >= 15 is 0 Å². The molecule has 4 aromatic carbocycles. The van der Waals surface area contributed by atoms with Gasteiger partial charge >= 0.3 is 11.9 Å². The van der Waals surface area contributed by atoms with Crippen molar-refractivity contribution in [3.05, 3.63) is 136 Å². The van der Waals surface area contributed by atoms with E-state index in [0.29, 0.717) is 5.56 Å². The number of nitro benzene ring substituents is 1. The Hall–Kier alpha value is -5.45. The van der Waals surface area contributed by atoms with Crippen LogP contribution in [-0.2, 0) is 32.3 Å². The van der Waals surface area contributed by atoms with Gasteiger partial charge in [0.25, 0.3) is 11.6 Å². The minimum Gasteiger partial charge on any atom is -0.461 e. The third-order valence-electron chi connectivity index (χ3n) is 6.39. The predicted molar refractivity (Wildman–Crippen MR) is 151 cm³/mol. The second kappa shape index (κ2) is 14.4. The fraction of sp³-hybridized carbons (Fsp3) is 0.156. The van der Waals surface area contributed by atoms with Gasteiger partial charge in [-0.1, -0.05) is 72.8 Å². The Bertz CT molecular complexity index is 1620. The summed E-state index contributed by atoms with van der Waals surface area (Å²) in [5, 5.41) is 14.3. The van der Waals surface area contributed by atoms with E-state index in [4.69, 9.17) is 9.47 Å². The predicted octanol–water partition coefficient (Wildman–Crippen LogP) is 5.91. The van der Waals surface area contributed by atoms with Gasteiger partial charge in [-0.15, -0.1) is 0 Å². The molecule has 1 amide bonds. The second-order valence-corrected chi connectivity index (χ2v) is 9.42. The lowest BCUT2D eigenvalue weighted by atomic mass is 10.0. The number of nitro groups is 1. The third-order valence-corrected chi connectivity index (χ3v) is 6.39. The van der Waals surface area contributed by atoms with Gasteiger partial charge < -0.3 is 14.8 Å². The lowest BCUT2D eigenvalue weighted by molar-refractivity contribution is -0.385. The van der Waals surface area contributed by atoms with Gasteiger partial charge in [-0.05, 0) is 46.9 Å². The maximum Gasteiger partial charge on any atom is 0.328 e. The Morgan fingerprint density at radius 1 is 0.767 bits per heavy atom. The summed E-state index contributed by atoms with van der Waals surface area (Å²) in [6, 6.07) is 22.9. The minimum absolute atomic E-state index is 0.0195. The molecule has 0 aromatic heterocycles. The highest BCUT2D eigenvalue weighted by atomic mass is 19.2. The highest BCUT2D eigenvalue weighted by Gasteiger charge is 2.28. The van der Waals surface area contributed by atoms with E-state index in [1.807, 2.05) is 6.07 Å². The van der Waals surface area contributed by atoms with Gasteiger partial charge in [0.2, 0.25) is 0 Å². The second-order valence-electron chi connectivity index (χ2n) is 9.42. The normalized spacial score (nSPS) is 11.3. The summed E-state index contributed by atoms with van der Waals surface area (Å²) in [6.45, 7) is -0.0841. The van der Waals surface area contributed by atoms with Crippen molar-refractivity contribution in [2.75, 3.05) is 0 Å². The first-order valence-corrected chi connectivity index (χ1v) is 13.2. The number of carbonyl (C=O) groups is 3. The van der Waals surface area contributed by atoms with E-state index in [9.17, 15) is 33.3 Å². The zero-order valence-electron chi connectivity index (χ0n) is 22.7. The lowest BCUT2D eigenvalue weighted by Gasteiger charge is -2.18. The van der Waals surface area contributed by atoms with Gasteiger partial charge in [0.1, 0.15) is 24.8 Å². The van der Waals surface area contributed by atoms with Crippen LogP contribution < -0.4 is 5.32 Å². The van der Waals surface area contributed by atoms with Gasteiger partial charge in [-0.3, -0.25) is 19.7 Å². The molecule has 0 unspecified atom stereocenters. The van der Waals surface area contributed by atoms with Gasteiger partial charge in [0.15, 0.2) is 11.6 Å². The van der Waals surface area contributed by atoms with Crippen molar-refractivity contribution in [3.63, 3.8) is 0 Å². The van der Waals surface area contributed by atoms with Gasteiger partial charge in [-0.25, -0.2) is 13.6 Å². The summed E-state index contributed by atoms with van der Waals surface area (Å²) in [5.74, 6) is -4.66. The number of rotatable bonds is 12. The molecule has 0 aliphatic carbocycles. The smallest absolute Gasteiger partial charge is 0.328 e. The summed E-state index contributed by atoms with van der Waals surface area (Å²) >= 11 is 0. The van der Waals surface area contributed by atoms with Crippen molar-refractivity contribution >= 4 is 23.5 Å². The zero-order valence-corrected chi connectivity index (χ0v) is 22.7. The molecule has 0 fully saturated rings. The van der Waals surface area contributed by atoms with E-state index in [1.165, 1.54) is 12.1 Å². The Morgan fingerprint density at radius 3 is 1.95 bits per heavy atom. The zero-order chi connectivity index (χ0) is 30.8. The molecule has 4 rings (SSSR count). The summed E-state index contributed by atoms with van der Waals surface area (Å²) in [7, 11) is 0. The minimum atomic E-state index is -1.34. The Balaban J connectivity index is 1.50. The van der Waals surface area contributed by atoms with Crippen LogP contribution >= 0.6 is 0 Å². The van der Waals surface area contributed by atoms with E-state index in [2.05, 4.69) is 5.32 Å². The topological polar surface area (TPSA) is 125 Å². The number of hydrogen-bond donors (Lipinski definition) is 1. The molecule has 0 saturated carbocycles. The number of nitrogens with zero attached hydrogens (tertiary/aromatic N) is 1. The quantitative estimate of drug-likeness (QED) is 0.124. The van der Waals surface area contributed by atoms with E-state index in [-0.39, 0.29) is 42.7 Å². The van der Waals surface area contributed by atoms with Crippen molar-refractivity contribution < 1.29 is 37.6 Å². The average molecular weight is 589 g/mol. The number of esters is 2. The molecule has 0 radical (unpaired) electrons. The molecule has 0 heterocycles. The molecule has 43 heavy (non-hydrogen) atoms. The van der Waals surface area contributed by atoms with Crippen LogP contribution in [0.4, 0.5) is 14.5 Å². The van der Waals surface area contributed by atoms with Gasteiger partial charge in [-0.2, -0.15) is 0 Å². The molecule has 0 saturated heterocycles. The average Bonchev–Trinajstić information content (AvgIpc) is 3.02. The molecule has 1 atom stereocenters. The van der Waals surface area contributed by atoms with Crippen LogP contribution in [0.5, 0.6) is 0 Å². The molecule has 220 valence electrons. The number of halogens is 2. The van der Waals surface area contributed by atoms with Gasteiger partial charge in [0, 0.05) is 12.5 Å². The highest BCUT2D eigenvalue weighted by Crippen LogP contribution is 2.28. The number of nitrogens with one attached hydrogen (secondary N) is 1. The van der Waals surface area contributed by atoms with Crippen LogP contribution in [-0.4, -0.2) is 28.8 Å². The van der Waals surface area contributed by atoms with Gasteiger partial charge in [0.05, 0.1) is 4.92 Å². The molecule has 11 heteroatoms. The maximum absolute atomic E-state index is 13.7. The van der Waals surface area contributed by atoms with E-state index in [0.717, 1.165) is 29.8 Å². The molecule has 0 spiro atoms. The van der Waals surface area contributed by atoms with Crippen molar-refractivity contribution in [1.29, 1.82) is 0 Å². The molecule has 0 aliphatic heterocycles. The van der Waals surface area contributed by atoms with Crippen LogP contribution in [0.15, 0.2) is 97.1 Å². The maximum atomic E-state index is 13.7. The SMILES string of the molecule is O=C(CC[C@H](NC(=O)c1ccc(-c2ccc(F)c(F)c2)cc1[N+](=O)[O-])C(=O)OCc1ccccc1)OCc1ccccc1. The summed E-state index contributed by atoms with van der Waals surface area (Å²) in [4.78, 5) is 49.7. The Morgan fingerprint density at radius 2 is 1.35 bits per heavy atom. The van der Waals surface area contributed by atoms with Crippen LogP contribution in [0, 0.1) is 21.7 Å². The van der Waals surface area contributed by atoms with Crippen LogP contribution in [0.1, 0.15) is 34.3 Å². The number of amides is 1. The molecule has 4 aromatic rings. The largest absolute Gasteiger partial charge is 0.461 e. The number of hydrogen-bond acceptors (Lipinski definition) is 7. The van der Waals surface area contributed by atoms with Crippen LogP contribution in [0.25, 0.3) is 11.1 Å². The monoisotopic (exact) mass is 588 g/mol. The van der Waals surface area contributed by atoms with E-state index < -0.39 is 46.1 Å². The first-order chi connectivity index (χ1) is 20.7. The molecule has 9 nitrogen and oxygen atoms in total. The van der Waals surface area contributed by atoms with Crippen LogP contribution in [0.3, 0.4) is 0 Å². The standard InChI is InChI=1S/C32H26F2N2O7/c33-26-14-12-23(17-27(26)34)24-11-13-25(29(18-24)36(40)41)31(38)35-28(32(39)43-20-22-9-5-2-6-10-22)15-16-30(37)42-19-21-7-3-1-4-8-21/h1-14,17-18,28H,15-16,19-20H2,(H,35,38)/t28-/m0/s1. The summed E-state index contributed by atoms with van der Waals surface area (Å²) < 4.78 is 37.7. The molecule has 0 aliphatic rings. The number of ether oxygens (including phenoxy) is 2. The highest BCUT2D eigenvalue weighted by molar-refractivity contribution is 6.00. The Kier molecular flexibility index (Phi) is 10.2. The molecule has 0 bridgehead atoms. The van der Waals surface area contributed by atoms with E-state index in [1.54, 1.807) is 54.6 Å². The first kappa shape index (κ1) is 30.5. The molecular weight excluding hydrogens is 562 g/mol. The number of benzene rings is 4. The fourth-order valence-electron chi connectivity index (χ4n) is 4.12. The fourth-order valence-corrected chi connectivity index (χ4v) is 4.12. The van der Waals surface area contributed by atoms with Crippen molar-refractivity contribution in [1.82, 2.24) is 5.32 Å². The van der Waals surface area contributed by atoms with Crippen molar-refractivity contribution in [2.24, 2.45) is 0 Å². The molecule has 1 N–H and O–H groups in total. The summed E-state index contributed by atoms with van der Waals surface area (Å²) in [6.07, 6.45) is -0.455. The Labute approximate surface area is 245 Å².